The van der Waals surface area contributed by atoms with Crippen LogP contribution in [-0.4, -0.2) is 18.8 Å². The van der Waals surface area contributed by atoms with E-state index in [1.807, 2.05) is 13.8 Å². The standard InChI is InChI=1S/C13H23F3O2/c1-8(2)7-18-11(17)10(12(4,5)6)9(3)13(14,15)16/h8-10H,7H2,1-6H3. The Bertz CT molecular complexity index is 277. The van der Waals surface area contributed by atoms with Crippen molar-refractivity contribution in [3.8, 4) is 0 Å². The first-order valence-electron chi connectivity index (χ1n) is 6.10. The van der Waals surface area contributed by atoms with E-state index < -0.39 is 29.4 Å². The van der Waals surface area contributed by atoms with Crippen molar-refractivity contribution in [1.29, 1.82) is 0 Å². The molecule has 0 spiro atoms. The fourth-order valence-electron chi connectivity index (χ4n) is 1.84. The van der Waals surface area contributed by atoms with E-state index in [-0.39, 0.29) is 12.5 Å². The van der Waals surface area contributed by atoms with Gasteiger partial charge in [0.15, 0.2) is 0 Å². The zero-order valence-corrected chi connectivity index (χ0v) is 11.9. The molecule has 108 valence electrons. The lowest BCUT2D eigenvalue weighted by atomic mass is 9.73. The number of rotatable bonds is 4. The van der Waals surface area contributed by atoms with Crippen LogP contribution in [0.5, 0.6) is 0 Å². The Morgan fingerprint density at radius 2 is 1.56 bits per heavy atom. The Labute approximate surface area is 107 Å². The highest BCUT2D eigenvalue weighted by Crippen LogP contribution is 2.41. The van der Waals surface area contributed by atoms with Gasteiger partial charge in [0.1, 0.15) is 0 Å². The normalized spacial score (nSPS) is 16.6. The maximum absolute atomic E-state index is 12.8. The summed E-state index contributed by atoms with van der Waals surface area (Å²) >= 11 is 0. The number of carbonyl (C=O) groups excluding carboxylic acids is 1. The Morgan fingerprint density at radius 1 is 1.11 bits per heavy atom. The summed E-state index contributed by atoms with van der Waals surface area (Å²) in [6.07, 6.45) is -4.39. The molecule has 18 heavy (non-hydrogen) atoms. The van der Waals surface area contributed by atoms with Gasteiger partial charge in [0.2, 0.25) is 0 Å². The maximum atomic E-state index is 12.8. The Kier molecular flexibility index (Phi) is 5.69. The van der Waals surface area contributed by atoms with Crippen molar-refractivity contribution in [2.75, 3.05) is 6.61 Å². The number of esters is 1. The predicted octanol–water partition coefficient (Wildman–Crippen LogP) is 4.05. The molecule has 0 aromatic carbocycles. The molecule has 0 aromatic heterocycles. The summed E-state index contributed by atoms with van der Waals surface area (Å²) < 4.78 is 43.3. The van der Waals surface area contributed by atoms with Gasteiger partial charge in [-0.1, -0.05) is 41.5 Å². The Hall–Kier alpha value is -0.740. The molecule has 2 unspecified atom stereocenters. The summed E-state index contributed by atoms with van der Waals surface area (Å²) in [5.74, 6) is -3.55. The number of carbonyl (C=O) groups is 1. The molecule has 0 aromatic rings. The molecule has 0 radical (unpaired) electrons. The Balaban J connectivity index is 4.97. The lowest BCUT2D eigenvalue weighted by Crippen LogP contribution is -2.41. The van der Waals surface area contributed by atoms with Gasteiger partial charge in [-0.15, -0.1) is 0 Å². The van der Waals surface area contributed by atoms with E-state index in [4.69, 9.17) is 4.74 Å². The van der Waals surface area contributed by atoms with Gasteiger partial charge in [0.25, 0.3) is 0 Å². The highest BCUT2D eigenvalue weighted by molar-refractivity contribution is 5.73. The van der Waals surface area contributed by atoms with E-state index in [9.17, 15) is 18.0 Å². The van der Waals surface area contributed by atoms with E-state index in [0.29, 0.717) is 0 Å². The quantitative estimate of drug-likeness (QED) is 0.719. The third-order valence-corrected chi connectivity index (χ3v) is 2.76. The maximum Gasteiger partial charge on any atom is 0.392 e. The largest absolute Gasteiger partial charge is 0.465 e. The molecule has 2 atom stereocenters. The van der Waals surface area contributed by atoms with Crippen molar-refractivity contribution in [1.82, 2.24) is 0 Å². The van der Waals surface area contributed by atoms with Gasteiger partial charge in [-0.3, -0.25) is 4.79 Å². The number of halogens is 3. The van der Waals surface area contributed by atoms with Crippen molar-refractivity contribution < 1.29 is 22.7 Å². The molecule has 0 saturated heterocycles. The molecular weight excluding hydrogens is 245 g/mol. The lowest BCUT2D eigenvalue weighted by Gasteiger charge is -2.34. The molecule has 0 saturated carbocycles. The summed E-state index contributed by atoms with van der Waals surface area (Å²) in [6, 6.07) is 0. The van der Waals surface area contributed by atoms with Gasteiger partial charge in [-0.05, 0) is 11.3 Å². The van der Waals surface area contributed by atoms with Crippen LogP contribution in [0.25, 0.3) is 0 Å². The van der Waals surface area contributed by atoms with Crippen LogP contribution >= 0.6 is 0 Å². The zero-order chi connectivity index (χ0) is 14.7. The number of ether oxygens (including phenoxy) is 1. The number of alkyl halides is 3. The molecule has 0 aliphatic rings. The molecule has 2 nitrogen and oxygen atoms in total. The molecule has 0 aliphatic carbocycles. The minimum atomic E-state index is -4.39. The average molecular weight is 268 g/mol. The SMILES string of the molecule is CC(C)COC(=O)C(C(C)C(F)(F)F)C(C)(C)C. The van der Waals surface area contributed by atoms with Crippen molar-refractivity contribution in [2.24, 2.45) is 23.2 Å². The second-order valence-electron chi connectivity index (χ2n) is 6.20. The van der Waals surface area contributed by atoms with E-state index in [2.05, 4.69) is 0 Å². The van der Waals surface area contributed by atoms with Crippen LogP contribution < -0.4 is 0 Å². The van der Waals surface area contributed by atoms with Gasteiger partial charge in [-0.2, -0.15) is 13.2 Å². The van der Waals surface area contributed by atoms with E-state index in [1.54, 1.807) is 20.8 Å². The smallest absolute Gasteiger partial charge is 0.392 e. The monoisotopic (exact) mass is 268 g/mol. The third-order valence-electron chi connectivity index (χ3n) is 2.76. The van der Waals surface area contributed by atoms with E-state index in [0.717, 1.165) is 6.92 Å². The number of hydrogen-bond donors (Lipinski definition) is 0. The summed E-state index contributed by atoms with van der Waals surface area (Å²) in [4.78, 5) is 11.9. The molecule has 0 fully saturated rings. The van der Waals surface area contributed by atoms with Crippen molar-refractivity contribution >= 4 is 5.97 Å². The highest BCUT2D eigenvalue weighted by atomic mass is 19.4. The second kappa shape index (κ2) is 5.93. The molecule has 0 rings (SSSR count). The zero-order valence-electron chi connectivity index (χ0n) is 11.9. The summed E-state index contributed by atoms with van der Waals surface area (Å²) in [5.41, 5.74) is -0.789. The molecule has 0 heterocycles. The first-order valence-corrected chi connectivity index (χ1v) is 6.10. The molecule has 0 aliphatic heterocycles. The minimum Gasteiger partial charge on any atom is -0.465 e. The topological polar surface area (TPSA) is 26.3 Å². The van der Waals surface area contributed by atoms with Crippen molar-refractivity contribution in [2.45, 2.75) is 47.7 Å². The van der Waals surface area contributed by atoms with Crippen molar-refractivity contribution in [3.05, 3.63) is 0 Å². The van der Waals surface area contributed by atoms with Crippen molar-refractivity contribution in [3.63, 3.8) is 0 Å². The predicted molar refractivity (Wildman–Crippen MR) is 64.0 cm³/mol. The first-order chi connectivity index (χ1) is 7.87. The van der Waals surface area contributed by atoms with Crippen LogP contribution in [0, 0.1) is 23.2 Å². The third kappa shape index (κ3) is 5.27. The summed E-state index contributed by atoms with van der Waals surface area (Å²) in [5, 5.41) is 0. The summed E-state index contributed by atoms with van der Waals surface area (Å²) in [6.45, 7) is 9.73. The van der Waals surface area contributed by atoms with Crippen LogP contribution in [-0.2, 0) is 9.53 Å². The fraction of sp³-hybridized carbons (Fsp3) is 0.923. The minimum absolute atomic E-state index is 0.107. The van der Waals surface area contributed by atoms with Crippen LogP contribution in [0.15, 0.2) is 0 Å². The molecule has 0 amide bonds. The molecule has 0 bridgehead atoms. The average Bonchev–Trinajstić information content (AvgIpc) is 2.10. The van der Waals surface area contributed by atoms with Gasteiger partial charge in [0.05, 0.1) is 18.4 Å². The first kappa shape index (κ1) is 17.3. The highest BCUT2D eigenvalue weighted by Gasteiger charge is 2.49. The van der Waals surface area contributed by atoms with E-state index in [1.165, 1.54) is 0 Å². The van der Waals surface area contributed by atoms with Gasteiger partial charge >= 0.3 is 12.1 Å². The Morgan fingerprint density at radius 3 is 1.83 bits per heavy atom. The molecule has 0 N–H and O–H groups in total. The van der Waals surface area contributed by atoms with Gasteiger partial charge < -0.3 is 4.74 Å². The van der Waals surface area contributed by atoms with E-state index >= 15 is 0 Å². The lowest BCUT2D eigenvalue weighted by molar-refractivity contribution is -0.204. The molecule has 5 heteroatoms. The summed E-state index contributed by atoms with van der Waals surface area (Å²) in [7, 11) is 0. The second-order valence-corrected chi connectivity index (χ2v) is 6.20. The molecular formula is C13H23F3O2. The van der Waals surface area contributed by atoms with Crippen LogP contribution in [0.2, 0.25) is 0 Å². The van der Waals surface area contributed by atoms with Gasteiger partial charge in [0, 0.05) is 0 Å². The number of hydrogen-bond acceptors (Lipinski definition) is 2. The van der Waals surface area contributed by atoms with Crippen LogP contribution in [0.4, 0.5) is 13.2 Å². The van der Waals surface area contributed by atoms with Gasteiger partial charge in [-0.25, -0.2) is 0 Å². The van der Waals surface area contributed by atoms with Crippen LogP contribution in [0.1, 0.15) is 41.5 Å². The van der Waals surface area contributed by atoms with Crippen LogP contribution in [0.3, 0.4) is 0 Å². The fourth-order valence-corrected chi connectivity index (χ4v) is 1.84.